The molecule has 0 spiro atoms. The van der Waals surface area contributed by atoms with Crippen LogP contribution in [0.3, 0.4) is 0 Å². The van der Waals surface area contributed by atoms with E-state index in [0.717, 1.165) is 43.4 Å². The summed E-state index contributed by atoms with van der Waals surface area (Å²) in [6.45, 7) is 2.08. The number of alkyl halides is 3. The maximum Gasteiger partial charge on any atom is 0.417 e. The third kappa shape index (κ3) is 2.68. The molecule has 0 saturated carbocycles. The predicted octanol–water partition coefficient (Wildman–Crippen LogP) is 1.71. The number of hydrogen-bond acceptors (Lipinski definition) is 5. The zero-order valence-electron chi connectivity index (χ0n) is 12.0. The highest BCUT2D eigenvalue weighted by atomic mass is 19.4. The lowest BCUT2D eigenvalue weighted by Gasteiger charge is -2.30. The van der Waals surface area contributed by atoms with Gasteiger partial charge in [0.2, 0.25) is 5.96 Å². The van der Waals surface area contributed by atoms with Gasteiger partial charge in [-0.05, 0) is 26.2 Å². The van der Waals surface area contributed by atoms with Crippen molar-refractivity contribution in [1.82, 2.24) is 15.1 Å². The van der Waals surface area contributed by atoms with Gasteiger partial charge in [0.1, 0.15) is 5.66 Å². The molecule has 1 atom stereocenters. The number of halogens is 3. The number of aromatic nitrogens is 2. The molecule has 3 rings (SSSR count). The fourth-order valence-corrected chi connectivity index (χ4v) is 2.70. The van der Waals surface area contributed by atoms with Crippen molar-refractivity contribution in [3.8, 4) is 0 Å². The van der Waals surface area contributed by atoms with Gasteiger partial charge < -0.3 is 16.4 Å². The molecular weight excluding hydrogens is 297 g/mol. The Morgan fingerprint density at radius 1 is 1.41 bits per heavy atom. The molecule has 1 unspecified atom stereocenters. The molecule has 120 valence electrons. The zero-order chi connectivity index (χ0) is 16.0. The Morgan fingerprint density at radius 3 is 2.86 bits per heavy atom. The number of aryl methyl sites for hydroxylation is 1. The Balaban J connectivity index is 1.81. The Bertz CT molecular complexity index is 641. The van der Waals surface area contributed by atoms with Gasteiger partial charge in [-0.1, -0.05) is 0 Å². The third-order valence-electron chi connectivity index (χ3n) is 3.78. The number of nitrogens with one attached hydrogen (secondary N) is 2. The quantitative estimate of drug-likeness (QED) is 0.737. The molecule has 22 heavy (non-hydrogen) atoms. The highest BCUT2D eigenvalue weighted by molar-refractivity contribution is 5.95. The Hall–Kier alpha value is -2.03. The van der Waals surface area contributed by atoms with Crippen LogP contribution in [0.1, 0.15) is 25.5 Å². The van der Waals surface area contributed by atoms with Crippen molar-refractivity contribution < 1.29 is 13.2 Å². The molecule has 1 aromatic heterocycles. The molecule has 0 aliphatic carbocycles. The van der Waals surface area contributed by atoms with Crippen molar-refractivity contribution in [2.24, 2.45) is 10.7 Å². The van der Waals surface area contributed by atoms with Gasteiger partial charge in [0.05, 0.1) is 23.2 Å². The molecule has 9 heteroatoms. The Morgan fingerprint density at radius 2 is 2.18 bits per heavy atom. The second-order valence-electron chi connectivity index (χ2n) is 5.62. The van der Waals surface area contributed by atoms with Crippen LogP contribution in [0.5, 0.6) is 0 Å². The van der Waals surface area contributed by atoms with E-state index in [9.17, 15) is 13.2 Å². The molecule has 2 aliphatic heterocycles. The summed E-state index contributed by atoms with van der Waals surface area (Å²) in [5.41, 5.74) is 4.71. The predicted molar refractivity (Wildman–Crippen MR) is 76.1 cm³/mol. The minimum atomic E-state index is -4.53. The van der Waals surface area contributed by atoms with E-state index >= 15 is 0 Å². The van der Waals surface area contributed by atoms with Crippen molar-refractivity contribution in [2.45, 2.75) is 44.6 Å². The molecule has 0 fully saturated rings. The van der Waals surface area contributed by atoms with Gasteiger partial charge >= 0.3 is 6.18 Å². The van der Waals surface area contributed by atoms with Gasteiger partial charge in [-0.25, -0.2) is 4.99 Å². The standard InChI is InChI=1S/C13H17F3N6/c1-12(17)10(13(14,15)16)7-18-11(21-12)20-8-6-19-22-5-3-2-4-9(8)22/h6-7H,2-5,17H2,1H3,(H2,18,20,21). The summed E-state index contributed by atoms with van der Waals surface area (Å²) >= 11 is 0. The molecule has 0 aromatic carbocycles. The number of guanidine groups is 1. The van der Waals surface area contributed by atoms with Gasteiger partial charge in [0.25, 0.3) is 0 Å². The molecule has 1 aromatic rings. The number of nitrogens with zero attached hydrogens (tertiary/aromatic N) is 3. The molecule has 2 aliphatic rings. The van der Waals surface area contributed by atoms with Crippen LogP contribution in [-0.2, 0) is 13.0 Å². The maximum absolute atomic E-state index is 12.9. The molecule has 0 bridgehead atoms. The first-order chi connectivity index (χ1) is 10.3. The first kappa shape index (κ1) is 14.9. The Labute approximate surface area is 125 Å². The van der Waals surface area contributed by atoms with Crippen molar-refractivity contribution in [3.63, 3.8) is 0 Å². The largest absolute Gasteiger partial charge is 0.417 e. The average molecular weight is 314 g/mol. The second kappa shape index (κ2) is 5.01. The highest BCUT2D eigenvalue weighted by Crippen LogP contribution is 2.34. The Kier molecular flexibility index (Phi) is 3.39. The van der Waals surface area contributed by atoms with Crippen molar-refractivity contribution in [2.75, 3.05) is 5.32 Å². The lowest BCUT2D eigenvalue weighted by atomic mass is 10.0. The van der Waals surface area contributed by atoms with Gasteiger partial charge in [-0.3, -0.25) is 4.68 Å². The summed E-state index contributed by atoms with van der Waals surface area (Å²) in [5.74, 6) is 0.180. The zero-order valence-corrected chi connectivity index (χ0v) is 12.0. The summed E-state index contributed by atoms with van der Waals surface area (Å²) in [5, 5.41) is 9.75. The summed E-state index contributed by atoms with van der Waals surface area (Å²) < 4.78 is 40.5. The summed E-state index contributed by atoms with van der Waals surface area (Å²) in [6.07, 6.45) is 0.993. The van der Waals surface area contributed by atoms with E-state index in [4.69, 9.17) is 5.73 Å². The van der Waals surface area contributed by atoms with Gasteiger partial charge in [-0.2, -0.15) is 18.3 Å². The smallest absolute Gasteiger partial charge is 0.332 e. The molecule has 4 N–H and O–H groups in total. The monoisotopic (exact) mass is 314 g/mol. The maximum atomic E-state index is 12.9. The molecular formula is C13H17F3N6. The lowest BCUT2D eigenvalue weighted by molar-refractivity contribution is -0.100. The number of nitrogens with two attached hydrogens (primary N) is 1. The van der Waals surface area contributed by atoms with Crippen LogP contribution in [0.25, 0.3) is 0 Å². The van der Waals surface area contributed by atoms with Crippen molar-refractivity contribution >= 4 is 11.6 Å². The van der Waals surface area contributed by atoms with Crippen LogP contribution in [0.4, 0.5) is 18.9 Å². The van der Waals surface area contributed by atoms with Crippen molar-refractivity contribution in [1.29, 1.82) is 0 Å². The summed E-state index contributed by atoms with van der Waals surface area (Å²) in [7, 11) is 0. The SMILES string of the molecule is CC1(N)N=C(Nc2cnn3c2CCCC3)NC=C1C(F)(F)F. The van der Waals surface area contributed by atoms with E-state index in [2.05, 4.69) is 20.7 Å². The van der Waals surface area contributed by atoms with E-state index < -0.39 is 17.4 Å². The topological polar surface area (TPSA) is 80.3 Å². The van der Waals surface area contributed by atoms with E-state index in [0.29, 0.717) is 0 Å². The van der Waals surface area contributed by atoms with E-state index in [-0.39, 0.29) is 5.96 Å². The third-order valence-corrected chi connectivity index (χ3v) is 3.78. The van der Waals surface area contributed by atoms with Crippen LogP contribution in [0.15, 0.2) is 23.0 Å². The van der Waals surface area contributed by atoms with Gasteiger partial charge in [-0.15, -0.1) is 0 Å². The summed E-state index contributed by atoms with van der Waals surface area (Å²) in [6, 6.07) is 0. The van der Waals surface area contributed by atoms with E-state index in [1.165, 1.54) is 6.92 Å². The fourth-order valence-electron chi connectivity index (χ4n) is 2.70. The lowest BCUT2D eigenvalue weighted by Crippen LogP contribution is -2.49. The minimum Gasteiger partial charge on any atom is -0.332 e. The first-order valence-electron chi connectivity index (χ1n) is 7.02. The van der Waals surface area contributed by atoms with Gasteiger partial charge in [0.15, 0.2) is 0 Å². The van der Waals surface area contributed by atoms with Crippen LogP contribution in [0, 0.1) is 0 Å². The highest BCUT2D eigenvalue weighted by Gasteiger charge is 2.45. The summed E-state index contributed by atoms with van der Waals surface area (Å²) in [4.78, 5) is 3.93. The minimum absolute atomic E-state index is 0.180. The fraction of sp³-hybridized carbons (Fsp3) is 0.538. The number of aliphatic imine (C=N–C) groups is 1. The average Bonchev–Trinajstić information content (AvgIpc) is 2.80. The number of anilines is 1. The molecule has 6 nitrogen and oxygen atoms in total. The molecule has 0 saturated heterocycles. The van der Waals surface area contributed by atoms with E-state index in [1.807, 2.05) is 4.68 Å². The number of rotatable bonds is 1. The van der Waals surface area contributed by atoms with Crippen LogP contribution >= 0.6 is 0 Å². The van der Waals surface area contributed by atoms with Crippen LogP contribution < -0.4 is 16.4 Å². The van der Waals surface area contributed by atoms with Crippen molar-refractivity contribution in [3.05, 3.63) is 23.7 Å². The molecule has 0 amide bonds. The second-order valence-corrected chi connectivity index (χ2v) is 5.62. The first-order valence-corrected chi connectivity index (χ1v) is 7.02. The molecule has 0 radical (unpaired) electrons. The normalized spacial score (nSPS) is 25.0. The van der Waals surface area contributed by atoms with E-state index in [1.54, 1.807) is 6.20 Å². The number of fused-ring (bicyclic) bond motifs is 1. The van der Waals surface area contributed by atoms with Crippen LogP contribution in [-0.4, -0.2) is 27.6 Å². The van der Waals surface area contributed by atoms with Gasteiger partial charge in [0, 0.05) is 12.7 Å². The number of hydrogen-bond donors (Lipinski definition) is 3. The van der Waals surface area contributed by atoms with Crippen LogP contribution in [0.2, 0.25) is 0 Å². The molecule has 3 heterocycles.